The maximum Gasteiger partial charge on any atom is 0.307 e. The van der Waals surface area contributed by atoms with E-state index in [0.717, 1.165) is 0 Å². The Balaban J connectivity index is 2.55. The fourth-order valence-electron chi connectivity index (χ4n) is 1.51. The number of nitrogens with one attached hydrogen (secondary N) is 1. The smallest absolute Gasteiger partial charge is 0.307 e. The summed E-state index contributed by atoms with van der Waals surface area (Å²) in [5.41, 5.74) is 0.273. The minimum atomic E-state index is -0.249. The highest BCUT2D eigenvalue weighted by Gasteiger charge is 2.10. The molecule has 0 fully saturated rings. The van der Waals surface area contributed by atoms with E-state index in [-0.39, 0.29) is 24.0 Å². The zero-order chi connectivity index (χ0) is 15.0. The van der Waals surface area contributed by atoms with Crippen LogP contribution in [0.3, 0.4) is 0 Å². The standard InChI is InChI=1S/C13H20N4O3/c1-4-14-13(19)10-6-7-11(16-15-10)17(3)9-8-12(18)20-5-2/h6-7H,4-5,8-9H2,1-3H3,(H,14,19). The molecule has 0 bridgehead atoms. The second-order valence-corrected chi connectivity index (χ2v) is 4.11. The molecule has 0 atom stereocenters. The van der Waals surface area contributed by atoms with Crippen molar-refractivity contribution in [1.82, 2.24) is 15.5 Å². The number of ether oxygens (including phenoxy) is 1. The van der Waals surface area contributed by atoms with Gasteiger partial charge in [0.1, 0.15) is 0 Å². The Labute approximate surface area is 118 Å². The topological polar surface area (TPSA) is 84.4 Å². The van der Waals surface area contributed by atoms with Gasteiger partial charge in [0.2, 0.25) is 0 Å². The summed E-state index contributed by atoms with van der Waals surface area (Å²) in [4.78, 5) is 24.6. The SMILES string of the molecule is CCNC(=O)c1ccc(N(C)CCC(=O)OCC)nn1. The lowest BCUT2D eigenvalue weighted by molar-refractivity contribution is -0.142. The number of esters is 1. The van der Waals surface area contributed by atoms with E-state index in [2.05, 4.69) is 15.5 Å². The Hall–Kier alpha value is -2.18. The second-order valence-electron chi connectivity index (χ2n) is 4.11. The molecule has 20 heavy (non-hydrogen) atoms. The fraction of sp³-hybridized carbons (Fsp3) is 0.538. The van der Waals surface area contributed by atoms with Crippen molar-refractivity contribution in [2.24, 2.45) is 0 Å². The summed E-state index contributed by atoms with van der Waals surface area (Å²) in [7, 11) is 1.80. The molecule has 0 aromatic carbocycles. The van der Waals surface area contributed by atoms with Crippen LogP contribution < -0.4 is 10.2 Å². The van der Waals surface area contributed by atoms with Crippen molar-refractivity contribution < 1.29 is 14.3 Å². The normalized spacial score (nSPS) is 9.95. The summed E-state index contributed by atoms with van der Waals surface area (Å²) >= 11 is 0. The molecular formula is C13H20N4O3. The number of hydrogen-bond donors (Lipinski definition) is 1. The Kier molecular flexibility index (Phi) is 6.42. The van der Waals surface area contributed by atoms with Gasteiger partial charge in [-0.2, -0.15) is 0 Å². The summed E-state index contributed by atoms with van der Waals surface area (Å²) < 4.78 is 4.85. The average molecular weight is 280 g/mol. The van der Waals surface area contributed by atoms with Crippen molar-refractivity contribution >= 4 is 17.7 Å². The number of aromatic nitrogens is 2. The third-order valence-corrected chi connectivity index (χ3v) is 2.57. The Morgan fingerprint density at radius 3 is 2.60 bits per heavy atom. The molecule has 1 heterocycles. The minimum absolute atomic E-state index is 0.244. The zero-order valence-corrected chi connectivity index (χ0v) is 12.0. The number of anilines is 1. The van der Waals surface area contributed by atoms with Gasteiger partial charge in [-0.05, 0) is 26.0 Å². The van der Waals surface area contributed by atoms with E-state index in [0.29, 0.717) is 25.5 Å². The lowest BCUT2D eigenvalue weighted by Crippen LogP contribution is -2.26. The average Bonchev–Trinajstić information content (AvgIpc) is 2.45. The molecule has 1 N–H and O–H groups in total. The fourth-order valence-corrected chi connectivity index (χ4v) is 1.51. The number of carbonyl (C=O) groups is 2. The molecule has 1 aromatic heterocycles. The summed E-state index contributed by atoms with van der Waals surface area (Å²) in [5.74, 6) is 0.106. The molecule has 0 aliphatic carbocycles. The van der Waals surface area contributed by atoms with Crippen LogP contribution in [0, 0.1) is 0 Å². The molecule has 1 rings (SSSR count). The van der Waals surface area contributed by atoms with E-state index in [1.165, 1.54) is 0 Å². The van der Waals surface area contributed by atoms with Crippen LogP contribution in [0.4, 0.5) is 5.82 Å². The second kappa shape index (κ2) is 8.08. The first kappa shape index (κ1) is 15.9. The minimum Gasteiger partial charge on any atom is -0.466 e. The highest BCUT2D eigenvalue weighted by atomic mass is 16.5. The third kappa shape index (κ3) is 4.83. The van der Waals surface area contributed by atoms with E-state index in [9.17, 15) is 9.59 Å². The predicted octanol–water partition coefficient (Wildman–Crippen LogP) is 0.616. The third-order valence-electron chi connectivity index (χ3n) is 2.57. The molecule has 1 amide bonds. The van der Waals surface area contributed by atoms with Crippen LogP contribution >= 0.6 is 0 Å². The lowest BCUT2D eigenvalue weighted by atomic mass is 10.3. The van der Waals surface area contributed by atoms with Gasteiger partial charge in [-0.15, -0.1) is 10.2 Å². The number of hydrogen-bond acceptors (Lipinski definition) is 6. The van der Waals surface area contributed by atoms with Crippen LogP contribution in [0.15, 0.2) is 12.1 Å². The van der Waals surface area contributed by atoms with Crippen LogP contribution in [0.1, 0.15) is 30.8 Å². The van der Waals surface area contributed by atoms with Crippen molar-refractivity contribution in [1.29, 1.82) is 0 Å². The van der Waals surface area contributed by atoms with Gasteiger partial charge >= 0.3 is 5.97 Å². The molecule has 110 valence electrons. The molecule has 7 nitrogen and oxygen atoms in total. The summed E-state index contributed by atoms with van der Waals surface area (Å²) in [6.45, 7) is 5.01. The molecule has 0 aliphatic rings. The number of nitrogens with zero attached hydrogens (tertiary/aromatic N) is 3. The van der Waals surface area contributed by atoms with Crippen LogP contribution in [-0.2, 0) is 9.53 Å². The van der Waals surface area contributed by atoms with E-state index in [1.807, 2.05) is 6.92 Å². The van der Waals surface area contributed by atoms with E-state index >= 15 is 0 Å². The predicted molar refractivity (Wildman–Crippen MR) is 74.6 cm³/mol. The van der Waals surface area contributed by atoms with Gasteiger partial charge in [-0.3, -0.25) is 9.59 Å². The number of rotatable bonds is 7. The first-order valence-electron chi connectivity index (χ1n) is 6.57. The Morgan fingerprint density at radius 1 is 1.30 bits per heavy atom. The molecule has 0 unspecified atom stereocenters. The van der Waals surface area contributed by atoms with Crippen LogP contribution in [-0.4, -0.2) is 48.8 Å². The molecular weight excluding hydrogens is 260 g/mol. The molecule has 0 aliphatic heterocycles. The number of carbonyl (C=O) groups excluding carboxylic acids is 2. The van der Waals surface area contributed by atoms with Crippen molar-refractivity contribution in [3.05, 3.63) is 17.8 Å². The van der Waals surface area contributed by atoms with Crippen molar-refractivity contribution in [2.45, 2.75) is 20.3 Å². The summed E-state index contributed by atoms with van der Waals surface area (Å²) in [6.07, 6.45) is 0.282. The van der Waals surface area contributed by atoms with Crippen LogP contribution in [0.2, 0.25) is 0 Å². The molecule has 0 radical (unpaired) electrons. The van der Waals surface area contributed by atoms with Crippen molar-refractivity contribution in [3.8, 4) is 0 Å². The molecule has 7 heteroatoms. The van der Waals surface area contributed by atoms with Crippen molar-refractivity contribution in [3.63, 3.8) is 0 Å². The summed E-state index contributed by atoms with van der Waals surface area (Å²) in [5, 5.41) is 10.5. The van der Waals surface area contributed by atoms with E-state index in [1.54, 1.807) is 31.0 Å². The van der Waals surface area contributed by atoms with Gasteiger partial charge in [0, 0.05) is 20.1 Å². The maximum atomic E-state index is 11.5. The number of amides is 1. The van der Waals surface area contributed by atoms with Gasteiger partial charge in [0.05, 0.1) is 13.0 Å². The van der Waals surface area contributed by atoms with E-state index in [4.69, 9.17) is 4.74 Å². The largest absolute Gasteiger partial charge is 0.466 e. The monoisotopic (exact) mass is 280 g/mol. The summed E-state index contributed by atoms with van der Waals surface area (Å²) in [6, 6.07) is 3.30. The molecule has 0 saturated carbocycles. The van der Waals surface area contributed by atoms with Gasteiger partial charge < -0.3 is 15.0 Å². The van der Waals surface area contributed by atoms with Gasteiger partial charge in [-0.1, -0.05) is 0 Å². The Morgan fingerprint density at radius 2 is 2.05 bits per heavy atom. The highest BCUT2D eigenvalue weighted by Crippen LogP contribution is 2.08. The van der Waals surface area contributed by atoms with Crippen LogP contribution in [0.25, 0.3) is 0 Å². The highest BCUT2D eigenvalue weighted by molar-refractivity contribution is 5.92. The molecule has 1 aromatic rings. The van der Waals surface area contributed by atoms with Gasteiger partial charge in [0.15, 0.2) is 11.5 Å². The molecule has 0 spiro atoms. The Bertz CT molecular complexity index is 447. The lowest BCUT2D eigenvalue weighted by Gasteiger charge is -2.16. The first-order chi connectivity index (χ1) is 9.58. The quantitative estimate of drug-likeness (QED) is 0.737. The van der Waals surface area contributed by atoms with Gasteiger partial charge in [0.25, 0.3) is 5.91 Å². The zero-order valence-electron chi connectivity index (χ0n) is 12.0. The van der Waals surface area contributed by atoms with Crippen LogP contribution in [0.5, 0.6) is 0 Å². The first-order valence-corrected chi connectivity index (χ1v) is 6.57. The maximum absolute atomic E-state index is 11.5. The molecule has 0 saturated heterocycles. The van der Waals surface area contributed by atoms with Gasteiger partial charge in [-0.25, -0.2) is 0 Å². The van der Waals surface area contributed by atoms with E-state index < -0.39 is 0 Å². The van der Waals surface area contributed by atoms with Crippen molar-refractivity contribution in [2.75, 3.05) is 31.6 Å².